The highest BCUT2D eigenvalue weighted by atomic mass is 35.5. The average Bonchev–Trinajstić information content (AvgIpc) is 3.20. The average molecular weight is 302 g/mol. The lowest BCUT2D eigenvalue weighted by Gasteiger charge is -2.25. The van der Waals surface area contributed by atoms with Gasteiger partial charge in [0.1, 0.15) is 0 Å². The van der Waals surface area contributed by atoms with E-state index in [4.69, 9.17) is 27.9 Å². The second kappa shape index (κ2) is 5.59. The molecule has 0 spiro atoms. The lowest BCUT2D eigenvalue weighted by molar-refractivity contribution is 0.0727. The Labute approximate surface area is 123 Å². The zero-order valence-electron chi connectivity index (χ0n) is 11.2. The lowest BCUT2D eigenvalue weighted by atomic mass is 10.1. The molecule has 19 heavy (non-hydrogen) atoms. The molecule has 0 N–H and O–H groups in total. The predicted molar refractivity (Wildman–Crippen MR) is 77.3 cm³/mol. The summed E-state index contributed by atoms with van der Waals surface area (Å²) in [4.78, 5) is 14.1. The summed E-state index contributed by atoms with van der Waals surface area (Å²) >= 11 is 12.1. The summed E-state index contributed by atoms with van der Waals surface area (Å²) < 4.78 is 5.08. The molecular weight excluding hydrogens is 285 g/mol. The first-order valence-corrected chi connectivity index (χ1v) is 7.01. The van der Waals surface area contributed by atoms with E-state index in [1.165, 1.54) is 20.0 Å². The summed E-state index contributed by atoms with van der Waals surface area (Å²) in [7, 11) is 3.31. The minimum Gasteiger partial charge on any atom is -0.494 e. The second-order valence-corrected chi connectivity index (χ2v) is 5.78. The first kappa shape index (κ1) is 14.5. The zero-order chi connectivity index (χ0) is 14.2. The summed E-state index contributed by atoms with van der Waals surface area (Å²) in [5.74, 6) is 0.960. The second-order valence-electron chi connectivity index (χ2n) is 4.97. The van der Waals surface area contributed by atoms with Crippen molar-refractivity contribution >= 4 is 29.1 Å². The highest BCUT2D eigenvalue weighted by molar-refractivity contribution is 6.37. The van der Waals surface area contributed by atoms with Gasteiger partial charge in [-0.1, -0.05) is 23.2 Å². The monoisotopic (exact) mass is 301 g/mol. The zero-order valence-corrected chi connectivity index (χ0v) is 12.8. The quantitative estimate of drug-likeness (QED) is 0.845. The molecule has 1 fully saturated rings. The van der Waals surface area contributed by atoms with E-state index in [1.54, 1.807) is 17.0 Å². The molecule has 1 amide bonds. The highest BCUT2D eigenvalue weighted by Gasteiger charge is 2.33. The summed E-state index contributed by atoms with van der Waals surface area (Å²) in [6.07, 6.45) is 2.39. The Hall–Kier alpha value is -0.930. The summed E-state index contributed by atoms with van der Waals surface area (Å²) in [6, 6.07) is 3.45. The van der Waals surface area contributed by atoms with Gasteiger partial charge in [0.15, 0.2) is 5.75 Å². The topological polar surface area (TPSA) is 29.5 Å². The number of carbonyl (C=O) groups is 1. The van der Waals surface area contributed by atoms with Gasteiger partial charge in [0.2, 0.25) is 0 Å². The maximum Gasteiger partial charge on any atom is 0.253 e. The molecule has 1 unspecified atom stereocenters. The number of benzene rings is 1. The van der Waals surface area contributed by atoms with Gasteiger partial charge in [-0.15, -0.1) is 0 Å². The highest BCUT2D eigenvalue weighted by Crippen LogP contribution is 2.37. The number of carbonyl (C=O) groups excluding carboxylic acids is 1. The Kier molecular flexibility index (Phi) is 4.26. The van der Waals surface area contributed by atoms with Gasteiger partial charge in [-0.3, -0.25) is 4.79 Å². The van der Waals surface area contributed by atoms with E-state index in [9.17, 15) is 4.79 Å². The molecule has 0 saturated heterocycles. The Morgan fingerprint density at radius 2 is 1.89 bits per heavy atom. The van der Waals surface area contributed by atoms with Crippen molar-refractivity contribution in [3.05, 3.63) is 27.7 Å². The number of ether oxygens (including phenoxy) is 1. The van der Waals surface area contributed by atoms with Crippen LogP contribution >= 0.6 is 23.2 Å². The fourth-order valence-electron chi connectivity index (χ4n) is 2.16. The molecule has 2 rings (SSSR count). The first-order valence-electron chi connectivity index (χ1n) is 6.26. The van der Waals surface area contributed by atoms with Crippen molar-refractivity contribution in [2.45, 2.75) is 25.8 Å². The van der Waals surface area contributed by atoms with Crippen molar-refractivity contribution < 1.29 is 9.53 Å². The van der Waals surface area contributed by atoms with E-state index in [2.05, 4.69) is 6.92 Å². The summed E-state index contributed by atoms with van der Waals surface area (Å²) in [5, 5.41) is 0.705. The van der Waals surface area contributed by atoms with Gasteiger partial charge >= 0.3 is 0 Å². The largest absolute Gasteiger partial charge is 0.494 e. The Morgan fingerprint density at radius 3 is 2.32 bits per heavy atom. The van der Waals surface area contributed by atoms with Crippen LogP contribution in [0.25, 0.3) is 0 Å². The number of halogens is 2. The fourth-order valence-corrected chi connectivity index (χ4v) is 2.80. The van der Waals surface area contributed by atoms with Crippen molar-refractivity contribution in [2.24, 2.45) is 5.92 Å². The molecule has 0 bridgehead atoms. The molecule has 0 aromatic heterocycles. The molecule has 0 radical (unpaired) electrons. The van der Waals surface area contributed by atoms with Crippen LogP contribution in [0.3, 0.4) is 0 Å². The minimum absolute atomic E-state index is 0.0640. The molecule has 1 aromatic rings. The number of rotatable bonds is 4. The Bertz CT molecular complexity index is 477. The molecule has 0 heterocycles. The Balaban J connectivity index is 2.23. The standard InChI is InChI=1S/C14H17Cl2NO2/c1-8(9-4-5-9)17(2)14(18)10-6-11(15)13(19-3)12(16)7-10/h6-9H,4-5H2,1-3H3. The van der Waals surface area contributed by atoms with Crippen LogP contribution in [-0.4, -0.2) is 31.0 Å². The third kappa shape index (κ3) is 2.98. The van der Waals surface area contributed by atoms with Gasteiger partial charge in [0, 0.05) is 18.7 Å². The van der Waals surface area contributed by atoms with Crippen LogP contribution < -0.4 is 4.74 Å². The molecular formula is C14H17Cl2NO2. The number of hydrogen-bond acceptors (Lipinski definition) is 2. The molecule has 0 aliphatic heterocycles. The SMILES string of the molecule is COc1c(Cl)cc(C(=O)N(C)C(C)C2CC2)cc1Cl. The molecule has 5 heteroatoms. The van der Waals surface area contributed by atoms with Crippen LogP contribution in [0, 0.1) is 5.92 Å². The normalized spacial score (nSPS) is 16.1. The van der Waals surface area contributed by atoms with Gasteiger partial charge in [-0.05, 0) is 37.8 Å². The van der Waals surface area contributed by atoms with Gasteiger partial charge in [-0.2, -0.15) is 0 Å². The number of amides is 1. The molecule has 1 saturated carbocycles. The van der Waals surface area contributed by atoms with Gasteiger partial charge in [0.25, 0.3) is 5.91 Å². The van der Waals surface area contributed by atoms with Gasteiger partial charge in [0.05, 0.1) is 17.2 Å². The summed E-state index contributed by atoms with van der Waals surface area (Å²) in [5.41, 5.74) is 0.491. The molecule has 1 aliphatic carbocycles. The number of nitrogens with zero attached hydrogens (tertiary/aromatic N) is 1. The van der Waals surface area contributed by atoms with Crippen LogP contribution in [0.5, 0.6) is 5.75 Å². The molecule has 3 nitrogen and oxygen atoms in total. The first-order chi connectivity index (χ1) is 8.95. The van der Waals surface area contributed by atoms with Crippen molar-refractivity contribution in [1.82, 2.24) is 4.90 Å². The van der Waals surface area contributed by atoms with Crippen molar-refractivity contribution in [2.75, 3.05) is 14.2 Å². The molecule has 1 aliphatic rings. The van der Waals surface area contributed by atoms with Crippen LogP contribution in [0.2, 0.25) is 10.0 Å². The maximum atomic E-state index is 12.4. The fraction of sp³-hybridized carbons (Fsp3) is 0.500. The molecule has 1 atom stereocenters. The number of methoxy groups -OCH3 is 1. The van der Waals surface area contributed by atoms with Crippen LogP contribution in [0.4, 0.5) is 0 Å². The number of hydrogen-bond donors (Lipinski definition) is 0. The molecule has 1 aromatic carbocycles. The van der Waals surface area contributed by atoms with Gasteiger partial charge < -0.3 is 9.64 Å². The van der Waals surface area contributed by atoms with Crippen molar-refractivity contribution in [3.63, 3.8) is 0 Å². The molecule has 104 valence electrons. The van der Waals surface area contributed by atoms with E-state index >= 15 is 0 Å². The third-order valence-electron chi connectivity index (χ3n) is 3.68. The van der Waals surface area contributed by atoms with E-state index in [0.29, 0.717) is 27.3 Å². The maximum absolute atomic E-state index is 12.4. The van der Waals surface area contributed by atoms with Crippen molar-refractivity contribution in [3.8, 4) is 5.75 Å². The van der Waals surface area contributed by atoms with Crippen LogP contribution in [-0.2, 0) is 0 Å². The van der Waals surface area contributed by atoms with Gasteiger partial charge in [-0.25, -0.2) is 0 Å². The van der Waals surface area contributed by atoms with E-state index in [1.807, 2.05) is 7.05 Å². The van der Waals surface area contributed by atoms with E-state index < -0.39 is 0 Å². The van der Waals surface area contributed by atoms with E-state index in [-0.39, 0.29) is 11.9 Å². The predicted octanol–water partition coefficient (Wildman–Crippen LogP) is 3.87. The van der Waals surface area contributed by atoms with Crippen LogP contribution in [0.1, 0.15) is 30.1 Å². The smallest absolute Gasteiger partial charge is 0.253 e. The summed E-state index contributed by atoms with van der Waals surface area (Å²) in [6.45, 7) is 2.07. The third-order valence-corrected chi connectivity index (χ3v) is 4.25. The van der Waals surface area contributed by atoms with E-state index in [0.717, 1.165) is 0 Å². The van der Waals surface area contributed by atoms with Crippen molar-refractivity contribution in [1.29, 1.82) is 0 Å². The lowest BCUT2D eigenvalue weighted by Crippen LogP contribution is -2.36. The minimum atomic E-state index is -0.0640. The van der Waals surface area contributed by atoms with Crippen LogP contribution in [0.15, 0.2) is 12.1 Å². The Morgan fingerprint density at radius 1 is 1.37 bits per heavy atom.